The van der Waals surface area contributed by atoms with Gasteiger partial charge in [-0.05, 0) is 79.0 Å². The van der Waals surface area contributed by atoms with E-state index in [9.17, 15) is 4.79 Å². The van der Waals surface area contributed by atoms with Crippen LogP contribution in [0.2, 0.25) is 0 Å². The highest BCUT2D eigenvalue weighted by Gasteiger charge is 2.15. The molecule has 0 heterocycles. The maximum atomic E-state index is 11.9. The summed E-state index contributed by atoms with van der Waals surface area (Å²) >= 11 is 0. The number of nitrogens with zero attached hydrogens (tertiary/aromatic N) is 1. The molecular weight excluding hydrogens is 401 g/mol. The molecule has 0 saturated heterocycles. The van der Waals surface area contributed by atoms with E-state index in [1.807, 2.05) is 45.9 Å². The number of halogens is 2. The molecule has 0 fully saturated rings. The third kappa shape index (κ3) is 13.0. The van der Waals surface area contributed by atoms with E-state index in [0.29, 0.717) is 18.1 Å². The Morgan fingerprint density at radius 3 is 2.36 bits per heavy atom. The quantitative estimate of drug-likeness (QED) is 0.520. The van der Waals surface area contributed by atoms with Gasteiger partial charge in [0.15, 0.2) is 18.1 Å². The molecule has 0 radical (unpaired) electrons. The van der Waals surface area contributed by atoms with Crippen molar-refractivity contribution in [1.82, 2.24) is 15.5 Å². The average molecular weight is 438 g/mol. The summed E-state index contributed by atoms with van der Waals surface area (Å²) in [6.07, 6.45) is 1.11. The van der Waals surface area contributed by atoms with Crippen LogP contribution in [0.25, 0.3) is 0 Å². The van der Waals surface area contributed by atoms with Crippen LogP contribution in [0.3, 0.4) is 0 Å². The summed E-state index contributed by atoms with van der Waals surface area (Å²) in [4.78, 5) is 14.1. The molecule has 0 aliphatic rings. The van der Waals surface area contributed by atoms with Gasteiger partial charge >= 0.3 is 0 Å². The first-order valence-corrected chi connectivity index (χ1v) is 9.26. The number of nitrogens with one attached hydrogen (secondary N) is 2. The van der Waals surface area contributed by atoms with Crippen molar-refractivity contribution in [1.29, 1.82) is 0 Å². The van der Waals surface area contributed by atoms with Crippen LogP contribution in [0.5, 0.6) is 11.5 Å². The van der Waals surface area contributed by atoms with Crippen molar-refractivity contribution in [2.24, 2.45) is 0 Å². The minimum Gasteiger partial charge on any atom is -0.490 e. The molecule has 1 aromatic rings. The lowest BCUT2D eigenvalue weighted by molar-refractivity contribution is -0.124. The summed E-state index contributed by atoms with van der Waals surface area (Å²) in [6.45, 7) is 11.1. The maximum Gasteiger partial charge on any atom is 0.258 e. The zero-order chi connectivity index (χ0) is 19.6. The Bertz CT molecular complexity index is 564. The van der Waals surface area contributed by atoms with Crippen molar-refractivity contribution in [3.05, 3.63) is 23.8 Å². The number of carbonyl (C=O) groups is 1. The van der Waals surface area contributed by atoms with Crippen molar-refractivity contribution < 1.29 is 14.3 Å². The fraction of sp³-hybridized carbons (Fsp3) is 0.650. The molecule has 164 valence electrons. The van der Waals surface area contributed by atoms with E-state index in [2.05, 4.69) is 29.6 Å². The Morgan fingerprint density at radius 1 is 1.11 bits per heavy atom. The van der Waals surface area contributed by atoms with E-state index in [1.54, 1.807) is 0 Å². The second-order valence-electron chi connectivity index (χ2n) is 7.63. The predicted molar refractivity (Wildman–Crippen MR) is 120 cm³/mol. The summed E-state index contributed by atoms with van der Waals surface area (Å²) < 4.78 is 11.3. The average Bonchev–Trinajstić information content (AvgIpc) is 2.52. The molecule has 28 heavy (non-hydrogen) atoms. The van der Waals surface area contributed by atoms with Gasteiger partial charge in [-0.3, -0.25) is 4.79 Å². The number of rotatable bonds is 11. The van der Waals surface area contributed by atoms with Crippen molar-refractivity contribution >= 4 is 30.7 Å². The molecule has 2 N–H and O–H groups in total. The second-order valence-corrected chi connectivity index (χ2v) is 7.63. The summed E-state index contributed by atoms with van der Waals surface area (Å²) in [5.74, 6) is 1.11. The fourth-order valence-corrected chi connectivity index (χ4v) is 2.40. The van der Waals surface area contributed by atoms with Crippen LogP contribution >= 0.6 is 24.8 Å². The van der Waals surface area contributed by atoms with Crippen LogP contribution < -0.4 is 20.1 Å². The first kappa shape index (κ1) is 29.0. The normalized spacial score (nSPS) is 10.7. The van der Waals surface area contributed by atoms with Crippen molar-refractivity contribution in [3.63, 3.8) is 0 Å². The molecule has 0 aliphatic carbocycles. The molecule has 8 heteroatoms. The Hall–Kier alpha value is -1.21. The van der Waals surface area contributed by atoms with E-state index >= 15 is 0 Å². The van der Waals surface area contributed by atoms with E-state index in [1.165, 1.54) is 0 Å². The minimum atomic E-state index is -0.273. The van der Waals surface area contributed by atoms with Gasteiger partial charge in [0.2, 0.25) is 0 Å². The molecule has 0 spiro atoms. The zero-order valence-corrected chi connectivity index (χ0v) is 19.6. The Kier molecular flexibility index (Phi) is 15.3. The Labute approximate surface area is 182 Å². The lowest BCUT2D eigenvalue weighted by atomic mass is 10.1. The number of benzene rings is 1. The van der Waals surface area contributed by atoms with Gasteiger partial charge in [0.05, 0.1) is 6.61 Å². The van der Waals surface area contributed by atoms with Gasteiger partial charge in [-0.2, -0.15) is 0 Å². The molecule has 0 aliphatic heterocycles. The van der Waals surface area contributed by atoms with Crippen LogP contribution in [0.15, 0.2) is 18.2 Å². The number of amides is 1. The van der Waals surface area contributed by atoms with Crippen LogP contribution in [0, 0.1) is 0 Å². The first-order valence-electron chi connectivity index (χ1n) is 9.26. The van der Waals surface area contributed by atoms with Gasteiger partial charge < -0.3 is 25.0 Å². The smallest absolute Gasteiger partial charge is 0.258 e. The highest BCUT2D eigenvalue weighted by Crippen LogP contribution is 2.28. The molecule has 1 amide bonds. The van der Waals surface area contributed by atoms with Crippen LogP contribution in [-0.2, 0) is 11.3 Å². The molecule has 1 rings (SSSR count). The Morgan fingerprint density at radius 2 is 1.79 bits per heavy atom. The minimum absolute atomic E-state index is 0. The maximum absolute atomic E-state index is 11.9. The van der Waals surface area contributed by atoms with Gasteiger partial charge in [0.1, 0.15) is 0 Å². The van der Waals surface area contributed by atoms with Crippen molar-refractivity contribution in [3.8, 4) is 11.5 Å². The van der Waals surface area contributed by atoms with E-state index in [4.69, 9.17) is 9.47 Å². The van der Waals surface area contributed by atoms with Crippen molar-refractivity contribution in [2.75, 3.05) is 40.4 Å². The van der Waals surface area contributed by atoms with Gasteiger partial charge in [0.25, 0.3) is 5.91 Å². The third-order valence-electron chi connectivity index (χ3n) is 3.47. The second kappa shape index (κ2) is 14.7. The SMILES string of the molecule is CCOc1cc(CNCCCN(C)C)ccc1OCC(=O)NC(C)(C)C.Cl.Cl. The van der Waals surface area contributed by atoms with E-state index in [-0.39, 0.29) is 42.9 Å². The number of hydrogen-bond donors (Lipinski definition) is 2. The number of ether oxygens (including phenoxy) is 2. The molecule has 0 unspecified atom stereocenters. The molecule has 0 aromatic heterocycles. The first-order chi connectivity index (χ1) is 12.2. The van der Waals surface area contributed by atoms with Gasteiger partial charge in [-0.15, -0.1) is 24.8 Å². The molecule has 0 saturated carbocycles. The number of hydrogen-bond acceptors (Lipinski definition) is 5. The number of carbonyl (C=O) groups excluding carboxylic acids is 1. The molecule has 0 bridgehead atoms. The van der Waals surface area contributed by atoms with Gasteiger partial charge in [-0.1, -0.05) is 6.07 Å². The molecule has 1 aromatic carbocycles. The van der Waals surface area contributed by atoms with E-state index < -0.39 is 0 Å². The summed E-state index contributed by atoms with van der Waals surface area (Å²) in [6, 6.07) is 5.84. The third-order valence-corrected chi connectivity index (χ3v) is 3.47. The molecular formula is C20H37Cl2N3O3. The standard InChI is InChI=1S/C20H35N3O3.2ClH/c1-7-25-18-13-16(14-21-11-8-12-23(5)6)9-10-17(18)26-15-19(24)22-20(2,3)4;;/h9-10,13,21H,7-8,11-12,14-15H2,1-6H3,(H,22,24);2*1H. The van der Waals surface area contributed by atoms with Crippen LogP contribution in [0.4, 0.5) is 0 Å². The predicted octanol–water partition coefficient (Wildman–Crippen LogP) is 3.26. The Balaban J connectivity index is 0. The topological polar surface area (TPSA) is 62.8 Å². The van der Waals surface area contributed by atoms with Gasteiger partial charge in [-0.25, -0.2) is 0 Å². The fourth-order valence-electron chi connectivity index (χ4n) is 2.40. The van der Waals surface area contributed by atoms with Gasteiger partial charge in [0, 0.05) is 12.1 Å². The highest BCUT2D eigenvalue weighted by molar-refractivity contribution is 5.85. The summed E-state index contributed by atoms with van der Waals surface area (Å²) in [5, 5.41) is 6.32. The molecule has 0 atom stereocenters. The van der Waals surface area contributed by atoms with E-state index in [0.717, 1.165) is 31.6 Å². The summed E-state index contributed by atoms with van der Waals surface area (Å²) in [5.41, 5.74) is 0.857. The van der Waals surface area contributed by atoms with Crippen LogP contribution in [-0.4, -0.2) is 56.7 Å². The monoisotopic (exact) mass is 437 g/mol. The largest absolute Gasteiger partial charge is 0.490 e. The van der Waals surface area contributed by atoms with Crippen LogP contribution in [0.1, 0.15) is 39.7 Å². The highest BCUT2D eigenvalue weighted by atomic mass is 35.5. The lowest BCUT2D eigenvalue weighted by Crippen LogP contribution is -2.43. The summed E-state index contributed by atoms with van der Waals surface area (Å²) in [7, 11) is 4.16. The zero-order valence-electron chi connectivity index (χ0n) is 18.0. The van der Waals surface area contributed by atoms with Crippen molar-refractivity contribution in [2.45, 2.75) is 46.2 Å². The lowest BCUT2D eigenvalue weighted by Gasteiger charge is -2.21. The molecule has 6 nitrogen and oxygen atoms in total.